The highest BCUT2D eigenvalue weighted by Gasteiger charge is 2.44. The van der Waals surface area contributed by atoms with Gasteiger partial charge in [0.25, 0.3) is 5.91 Å². The van der Waals surface area contributed by atoms with Crippen LogP contribution in [-0.2, 0) is 4.79 Å². The van der Waals surface area contributed by atoms with Gasteiger partial charge in [-0.05, 0) is 51.0 Å². The van der Waals surface area contributed by atoms with Crippen molar-refractivity contribution in [1.29, 1.82) is 0 Å². The van der Waals surface area contributed by atoms with Crippen molar-refractivity contribution in [2.45, 2.75) is 38.1 Å². The quantitative estimate of drug-likeness (QED) is 0.696. The SMILES string of the molecule is CCCN1CCCC2(CC1)NC(=S)NC2=O. The summed E-state index contributed by atoms with van der Waals surface area (Å²) in [5.74, 6) is 0.0656. The Morgan fingerprint density at radius 1 is 1.44 bits per heavy atom. The first-order valence-corrected chi connectivity index (χ1v) is 6.43. The van der Waals surface area contributed by atoms with Crippen LogP contribution in [0.5, 0.6) is 0 Å². The summed E-state index contributed by atoms with van der Waals surface area (Å²) in [7, 11) is 0. The summed E-state index contributed by atoms with van der Waals surface area (Å²) in [5, 5.41) is 6.37. The van der Waals surface area contributed by atoms with Crippen LogP contribution in [0.15, 0.2) is 0 Å². The van der Waals surface area contributed by atoms with Gasteiger partial charge in [0.15, 0.2) is 5.11 Å². The van der Waals surface area contributed by atoms with E-state index in [0.717, 1.165) is 38.9 Å². The van der Waals surface area contributed by atoms with Crippen LogP contribution in [0.2, 0.25) is 0 Å². The fourth-order valence-electron chi connectivity index (χ4n) is 2.61. The van der Waals surface area contributed by atoms with Gasteiger partial charge in [-0.3, -0.25) is 4.79 Å². The molecule has 2 aliphatic heterocycles. The minimum atomic E-state index is -0.417. The van der Waals surface area contributed by atoms with Crippen LogP contribution >= 0.6 is 12.2 Å². The van der Waals surface area contributed by atoms with Crippen LogP contribution in [0.3, 0.4) is 0 Å². The molecule has 0 aromatic rings. The topological polar surface area (TPSA) is 44.4 Å². The van der Waals surface area contributed by atoms with Gasteiger partial charge in [-0.2, -0.15) is 0 Å². The molecule has 16 heavy (non-hydrogen) atoms. The average molecular weight is 241 g/mol. The molecule has 2 N–H and O–H groups in total. The number of amides is 1. The van der Waals surface area contributed by atoms with Gasteiger partial charge in [-0.25, -0.2) is 0 Å². The Balaban J connectivity index is 2.02. The maximum Gasteiger partial charge on any atom is 0.251 e. The number of nitrogens with one attached hydrogen (secondary N) is 2. The van der Waals surface area contributed by atoms with E-state index in [-0.39, 0.29) is 5.91 Å². The van der Waals surface area contributed by atoms with E-state index in [9.17, 15) is 4.79 Å². The van der Waals surface area contributed by atoms with E-state index >= 15 is 0 Å². The largest absolute Gasteiger partial charge is 0.348 e. The van der Waals surface area contributed by atoms with Gasteiger partial charge in [0.05, 0.1) is 0 Å². The number of carbonyl (C=O) groups excluding carboxylic acids is 1. The molecule has 2 fully saturated rings. The summed E-state index contributed by atoms with van der Waals surface area (Å²) < 4.78 is 0. The molecule has 1 amide bonds. The highest BCUT2D eigenvalue weighted by atomic mass is 32.1. The van der Waals surface area contributed by atoms with Crippen LogP contribution in [0.4, 0.5) is 0 Å². The van der Waals surface area contributed by atoms with E-state index in [1.807, 2.05) is 0 Å². The Bertz CT molecular complexity index is 308. The lowest BCUT2D eigenvalue weighted by Crippen LogP contribution is -2.47. The van der Waals surface area contributed by atoms with Crippen molar-refractivity contribution in [2.75, 3.05) is 19.6 Å². The minimum absolute atomic E-state index is 0.0656. The number of thiocarbonyl (C=S) groups is 1. The standard InChI is InChI=1S/C11H19N3OS/c1-2-6-14-7-3-4-11(5-8-14)9(15)12-10(16)13-11/h2-8H2,1H3,(H2,12,13,15,16). The molecule has 1 atom stereocenters. The molecule has 5 heteroatoms. The second-order valence-corrected chi connectivity index (χ2v) is 5.09. The molecule has 0 radical (unpaired) electrons. The Labute approximate surface area is 102 Å². The van der Waals surface area contributed by atoms with Crippen LogP contribution < -0.4 is 10.6 Å². The van der Waals surface area contributed by atoms with Gasteiger partial charge in [0.2, 0.25) is 0 Å². The van der Waals surface area contributed by atoms with Crippen molar-refractivity contribution in [2.24, 2.45) is 0 Å². The fraction of sp³-hybridized carbons (Fsp3) is 0.818. The molecule has 2 saturated heterocycles. The van der Waals surface area contributed by atoms with Crippen molar-refractivity contribution in [3.8, 4) is 0 Å². The van der Waals surface area contributed by atoms with Crippen LogP contribution in [0, 0.1) is 0 Å². The lowest BCUT2D eigenvalue weighted by atomic mass is 9.91. The summed E-state index contributed by atoms with van der Waals surface area (Å²) in [6.45, 7) is 5.40. The number of hydrogen-bond acceptors (Lipinski definition) is 3. The number of nitrogens with zero attached hydrogens (tertiary/aromatic N) is 1. The van der Waals surface area contributed by atoms with E-state index in [0.29, 0.717) is 5.11 Å². The molecule has 90 valence electrons. The molecule has 2 heterocycles. The molecule has 0 aliphatic carbocycles. The molecule has 2 rings (SSSR count). The zero-order chi connectivity index (χ0) is 11.6. The number of rotatable bonds is 2. The predicted molar refractivity (Wildman–Crippen MR) is 67.2 cm³/mol. The second kappa shape index (κ2) is 4.67. The van der Waals surface area contributed by atoms with Crippen molar-refractivity contribution >= 4 is 23.2 Å². The zero-order valence-electron chi connectivity index (χ0n) is 9.71. The smallest absolute Gasteiger partial charge is 0.251 e. The van der Waals surface area contributed by atoms with Crippen molar-refractivity contribution in [3.63, 3.8) is 0 Å². The maximum absolute atomic E-state index is 11.9. The lowest BCUT2D eigenvalue weighted by Gasteiger charge is -2.24. The van der Waals surface area contributed by atoms with Gasteiger partial charge >= 0.3 is 0 Å². The lowest BCUT2D eigenvalue weighted by molar-refractivity contribution is -0.124. The third-order valence-electron chi connectivity index (χ3n) is 3.49. The zero-order valence-corrected chi connectivity index (χ0v) is 10.5. The molecular weight excluding hydrogens is 222 g/mol. The third kappa shape index (κ3) is 2.20. The first-order valence-electron chi connectivity index (χ1n) is 6.02. The van der Waals surface area contributed by atoms with E-state index < -0.39 is 5.54 Å². The van der Waals surface area contributed by atoms with Gasteiger partial charge in [-0.1, -0.05) is 6.92 Å². The first-order chi connectivity index (χ1) is 7.66. The normalized spacial score (nSPS) is 31.3. The van der Waals surface area contributed by atoms with Crippen LogP contribution in [0.25, 0.3) is 0 Å². The van der Waals surface area contributed by atoms with Crippen LogP contribution in [0.1, 0.15) is 32.6 Å². The van der Waals surface area contributed by atoms with E-state index in [4.69, 9.17) is 12.2 Å². The average Bonchev–Trinajstić information content (AvgIpc) is 2.41. The first kappa shape index (κ1) is 11.8. The van der Waals surface area contributed by atoms with Gasteiger partial charge < -0.3 is 15.5 Å². The van der Waals surface area contributed by atoms with E-state index in [2.05, 4.69) is 22.5 Å². The summed E-state index contributed by atoms with van der Waals surface area (Å²) in [4.78, 5) is 14.3. The molecule has 1 spiro atoms. The number of likely N-dealkylation sites (tertiary alicyclic amines) is 1. The Hall–Kier alpha value is -0.680. The second-order valence-electron chi connectivity index (χ2n) is 4.69. The summed E-state index contributed by atoms with van der Waals surface area (Å²) in [5.41, 5.74) is -0.417. The minimum Gasteiger partial charge on any atom is -0.348 e. The van der Waals surface area contributed by atoms with E-state index in [1.165, 1.54) is 6.42 Å². The molecule has 0 bridgehead atoms. The number of carbonyl (C=O) groups is 1. The fourth-order valence-corrected chi connectivity index (χ4v) is 2.90. The van der Waals surface area contributed by atoms with Gasteiger partial charge in [0.1, 0.15) is 5.54 Å². The van der Waals surface area contributed by atoms with Gasteiger partial charge in [-0.15, -0.1) is 0 Å². The molecule has 0 saturated carbocycles. The van der Waals surface area contributed by atoms with Crippen molar-refractivity contribution < 1.29 is 4.79 Å². The highest BCUT2D eigenvalue weighted by molar-refractivity contribution is 7.80. The summed E-state index contributed by atoms with van der Waals surface area (Å²) >= 11 is 5.02. The Morgan fingerprint density at radius 3 is 2.88 bits per heavy atom. The molecule has 0 aromatic heterocycles. The Kier molecular flexibility index (Phi) is 3.44. The maximum atomic E-state index is 11.9. The predicted octanol–water partition coefficient (Wildman–Crippen LogP) is 0.625. The summed E-state index contributed by atoms with van der Waals surface area (Å²) in [6.07, 6.45) is 3.98. The third-order valence-corrected chi connectivity index (χ3v) is 3.69. The molecular formula is C11H19N3OS. The van der Waals surface area contributed by atoms with E-state index in [1.54, 1.807) is 0 Å². The van der Waals surface area contributed by atoms with Crippen molar-refractivity contribution in [3.05, 3.63) is 0 Å². The Morgan fingerprint density at radius 2 is 2.25 bits per heavy atom. The van der Waals surface area contributed by atoms with Crippen LogP contribution in [-0.4, -0.2) is 41.1 Å². The van der Waals surface area contributed by atoms with Gasteiger partial charge in [0, 0.05) is 6.54 Å². The monoisotopic (exact) mass is 241 g/mol. The molecule has 4 nitrogen and oxygen atoms in total. The summed E-state index contributed by atoms with van der Waals surface area (Å²) in [6, 6.07) is 0. The van der Waals surface area contributed by atoms with Crippen molar-refractivity contribution in [1.82, 2.24) is 15.5 Å². The number of hydrogen-bond donors (Lipinski definition) is 2. The highest BCUT2D eigenvalue weighted by Crippen LogP contribution is 2.25. The molecule has 2 aliphatic rings. The molecule has 0 aromatic carbocycles. The molecule has 1 unspecified atom stereocenters.